The highest BCUT2D eigenvalue weighted by atomic mass is 16.6. The number of phenols is 1. The molecule has 0 saturated carbocycles. The number of phenolic OH excluding ortho intramolecular Hbond substituents is 1. The van der Waals surface area contributed by atoms with Gasteiger partial charge in [-0.1, -0.05) is 25.1 Å². The SMILES string of the molecule is CCc1ccccc1-n1c(O)c(C=Nc2ccc([N+](=O)[O-])cc2O)c(=O)[nH]c1=O. The Morgan fingerprint density at radius 2 is 1.93 bits per heavy atom. The summed E-state index contributed by atoms with van der Waals surface area (Å²) < 4.78 is 0.956. The van der Waals surface area contributed by atoms with Gasteiger partial charge in [-0.25, -0.2) is 9.36 Å². The average molecular weight is 396 g/mol. The number of nitrogens with zero attached hydrogens (tertiary/aromatic N) is 3. The number of aryl methyl sites for hydroxylation is 1. The van der Waals surface area contributed by atoms with Crippen molar-refractivity contribution in [2.24, 2.45) is 4.99 Å². The number of para-hydroxylation sites is 1. The minimum Gasteiger partial charge on any atom is -0.505 e. The molecule has 0 atom stereocenters. The zero-order valence-electron chi connectivity index (χ0n) is 15.2. The van der Waals surface area contributed by atoms with Gasteiger partial charge in [-0.2, -0.15) is 0 Å². The smallest absolute Gasteiger partial charge is 0.335 e. The summed E-state index contributed by atoms with van der Waals surface area (Å²) in [5, 5.41) is 31.2. The quantitative estimate of drug-likeness (QED) is 0.341. The molecular formula is C19H16N4O6. The molecular weight excluding hydrogens is 380 g/mol. The summed E-state index contributed by atoms with van der Waals surface area (Å²) in [4.78, 5) is 40.6. The molecule has 0 aliphatic heterocycles. The van der Waals surface area contributed by atoms with E-state index >= 15 is 0 Å². The lowest BCUT2D eigenvalue weighted by atomic mass is 10.1. The standard InChI is InChI=1S/C19H16N4O6/c1-2-11-5-3-4-6-15(11)22-18(26)13(17(25)21-19(22)27)10-20-14-8-7-12(23(28)29)9-16(14)24/h3-10,24,26H,2H2,1H3,(H,21,25,27). The largest absolute Gasteiger partial charge is 0.505 e. The Hall–Kier alpha value is -4.21. The zero-order valence-corrected chi connectivity index (χ0v) is 15.2. The molecule has 0 spiro atoms. The minimum absolute atomic E-state index is 0.0545. The van der Waals surface area contributed by atoms with Gasteiger partial charge in [0, 0.05) is 12.3 Å². The fraction of sp³-hybridized carbons (Fsp3) is 0.105. The molecule has 0 aliphatic rings. The van der Waals surface area contributed by atoms with Crippen LogP contribution in [0.15, 0.2) is 57.0 Å². The van der Waals surface area contributed by atoms with E-state index in [-0.39, 0.29) is 16.9 Å². The average Bonchev–Trinajstić information content (AvgIpc) is 2.68. The van der Waals surface area contributed by atoms with Crippen LogP contribution in [0.4, 0.5) is 11.4 Å². The molecule has 3 N–H and O–H groups in total. The minimum atomic E-state index is -0.872. The summed E-state index contributed by atoms with van der Waals surface area (Å²) in [6.45, 7) is 1.88. The van der Waals surface area contributed by atoms with Gasteiger partial charge in [0.1, 0.15) is 17.0 Å². The Bertz CT molecular complexity index is 1240. The number of benzene rings is 2. The summed E-state index contributed by atoms with van der Waals surface area (Å²) in [5.74, 6) is -1.10. The Balaban J connectivity index is 2.12. The second-order valence-corrected chi connectivity index (χ2v) is 6.00. The number of aliphatic imine (C=N–C) groups is 1. The van der Waals surface area contributed by atoms with E-state index in [1.165, 1.54) is 6.07 Å². The van der Waals surface area contributed by atoms with E-state index in [0.29, 0.717) is 12.1 Å². The first kappa shape index (κ1) is 19.5. The third-order valence-corrected chi connectivity index (χ3v) is 4.24. The van der Waals surface area contributed by atoms with Gasteiger partial charge < -0.3 is 10.2 Å². The van der Waals surface area contributed by atoms with E-state index in [1.54, 1.807) is 24.3 Å². The van der Waals surface area contributed by atoms with Crippen LogP contribution in [0.2, 0.25) is 0 Å². The van der Waals surface area contributed by atoms with Crippen molar-refractivity contribution >= 4 is 17.6 Å². The van der Waals surface area contributed by atoms with Crippen LogP contribution in [0.1, 0.15) is 18.1 Å². The van der Waals surface area contributed by atoms with E-state index in [0.717, 1.165) is 28.5 Å². The van der Waals surface area contributed by atoms with Crippen LogP contribution in [0.25, 0.3) is 5.69 Å². The number of nitro benzene ring substituents is 1. The van der Waals surface area contributed by atoms with E-state index in [9.17, 15) is 29.9 Å². The fourth-order valence-corrected chi connectivity index (χ4v) is 2.77. The van der Waals surface area contributed by atoms with Crippen LogP contribution >= 0.6 is 0 Å². The van der Waals surface area contributed by atoms with Crippen molar-refractivity contribution in [1.29, 1.82) is 0 Å². The molecule has 1 heterocycles. The molecule has 0 fully saturated rings. The van der Waals surface area contributed by atoms with Crippen LogP contribution in [0, 0.1) is 10.1 Å². The van der Waals surface area contributed by atoms with Crippen molar-refractivity contribution in [2.75, 3.05) is 0 Å². The first-order valence-electron chi connectivity index (χ1n) is 8.51. The van der Waals surface area contributed by atoms with Crippen molar-refractivity contribution in [3.05, 3.63) is 84.5 Å². The van der Waals surface area contributed by atoms with Crippen molar-refractivity contribution in [3.8, 4) is 17.3 Å². The van der Waals surface area contributed by atoms with Crippen LogP contribution in [-0.2, 0) is 6.42 Å². The van der Waals surface area contributed by atoms with E-state index in [4.69, 9.17) is 0 Å². The van der Waals surface area contributed by atoms with Crippen molar-refractivity contribution in [3.63, 3.8) is 0 Å². The summed E-state index contributed by atoms with van der Waals surface area (Å²) >= 11 is 0. The van der Waals surface area contributed by atoms with Gasteiger partial charge >= 0.3 is 5.69 Å². The summed E-state index contributed by atoms with van der Waals surface area (Å²) in [6, 6.07) is 10.1. The maximum atomic E-state index is 12.3. The Morgan fingerprint density at radius 1 is 1.21 bits per heavy atom. The van der Waals surface area contributed by atoms with Crippen molar-refractivity contribution in [2.45, 2.75) is 13.3 Å². The summed E-state index contributed by atoms with van der Waals surface area (Å²) in [5.41, 5.74) is -1.21. The van der Waals surface area contributed by atoms with E-state index < -0.39 is 27.8 Å². The number of aromatic amines is 1. The monoisotopic (exact) mass is 396 g/mol. The Morgan fingerprint density at radius 3 is 2.59 bits per heavy atom. The molecule has 0 bridgehead atoms. The highest BCUT2D eigenvalue weighted by Gasteiger charge is 2.16. The topological polar surface area (TPSA) is 151 Å². The fourth-order valence-electron chi connectivity index (χ4n) is 2.77. The van der Waals surface area contributed by atoms with E-state index in [1.807, 2.05) is 6.92 Å². The predicted molar refractivity (Wildman–Crippen MR) is 106 cm³/mol. The number of nitro groups is 1. The number of non-ortho nitro benzene ring substituents is 1. The van der Waals surface area contributed by atoms with Gasteiger partial charge in [0.2, 0.25) is 5.88 Å². The van der Waals surface area contributed by atoms with Crippen LogP contribution in [0.5, 0.6) is 11.6 Å². The molecule has 148 valence electrons. The number of aromatic nitrogens is 2. The van der Waals surface area contributed by atoms with Crippen molar-refractivity contribution < 1.29 is 15.1 Å². The predicted octanol–water partition coefficient (Wildman–Crippen LogP) is 2.16. The van der Waals surface area contributed by atoms with Crippen LogP contribution in [-0.4, -0.2) is 30.9 Å². The van der Waals surface area contributed by atoms with E-state index in [2.05, 4.69) is 9.98 Å². The number of nitrogens with one attached hydrogen (secondary N) is 1. The lowest BCUT2D eigenvalue weighted by Gasteiger charge is -2.13. The van der Waals surface area contributed by atoms with Gasteiger partial charge in [0.25, 0.3) is 11.2 Å². The lowest BCUT2D eigenvalue weighted by molar-refractivity contribution is -0.384. The number of H-pyrrole nitrogens is 1. The molecule has 3 rings (SSSR count). The maximum absolute atomic E-state index is 12.3. The second kappa shape index (κ2) is 7.80. The first-order valence-corrected chi connectivity index (χ1v) is 8.51. The number of rotatable bonds is 5. The number of aromatic hydroxyl groups is 2. The van der Waals surface area contributed by atoms with Gasteiger partial charge in [-0.15, -0.1) is 0 Å². The molecule has 0 radical (unpaired) electrons. The maximum Gasteiger partial charge on any atom is 0.335 e. The van der Waals surface area contributed by atoms with Gasteiger partial charge in [0.15, 0.2) is 0 Å². The molecule has 0 aliphatic carbocycles. The summed E-state index contributed by atoms with van der Waals surface area (Å²) in [6.07, 6.45) is 1.56. The summed E-state index contributed by atoms with van der Waals surface area (Å²) in [7, 11) is 0. The molecule has 3 aromatic rings. The highest BCUT2D eigenvalue weighted by molar-refractivity contribution is 5.85. The third kappa shape index (κ3) is 3.76. The lowest BCUT2D eigenvalue weighted by Crippen LogP contribution is -2.31. The molecule has 0 saturated heterocycles. The Kier molecular flexibility index (Phi) is 5.26. The third-order valence-electron chi connectivity index (χ3n) is 4.24. The normalized spacial score (nSPS) is 11.1. The van der Waals surface area contributed by atoms with Gasteiger partial charge in [-0.3, -0.25) is 24.9 Å². The molecule has 0 amide bonds. The van der Waals surface area contributed by atoms with Gasteiger partial charge in [0.05, 0.1) is 16.7 Å². The highest BCUT2D eigenvalue weighted by Crippen LogP contribution is 2.30. The molecule has 10 nitrogen and oxygen atoms in total. The number of hydrogen-bond acceptors (Lipinski definition) is 7. The molecule has 29 heavy (non-hydrogen) atoms. The number of hydrogen-bond donors (Lipinski definition) is 3. The molecule has 1 aromatic heterocycles. The van der Waals surface area contributed by atoms with Gasteiger partial charge in [-0.05, 0) is 24.1 Å². The first-order chi connectivity index (χ1) is 13.8. The van der Waals surface area contributed by atoms with Crippen molar-refractivity contribution in [1.82, 2.24) is 9.55 Å². The molecule has 2 aromatic carbocycles. The zero-order chi connectivity index (χ0) is 21.1. The van der Waals surface area contributed by atoms with Crippen LogP contribution in [0.3, 0.4) is 0 Å². The molecule has 10 heteroatoms. The molecule has 0 unspecified atom stereocenters. The Labute approximate surface area is 163 Å². The van der Waals surface area contributed by atoms with Crippen LogP contribution < -0.4 is 11.2 Å². The second-order valence-electron chi connectivity index (χ2n) is 6.00.